The second kappa shape index (κ2) is 5.68. The summed E-state index contributed by atoms with van der Waals surface area (Å²) in [4.78, 5) is 0. The van der Waals surface area contributed by atoms with E-state index < -0.39 is 10.0 Å². The highest BCUT2D eigenvalue weighted by atomic mass is 32.2. The smallest absolute Gasteiger partial charge is 0.211 e. The molecule has 86 valence electrons. The van der Waals surface area contributed by atoms with Gasteiger partial charge in [-0.15, -0.1) is 0 Å². The van der Waals surface area contributed by atoms with Crippen molar-refractivity contribution in [2.45, 2.75) is 33.6 Å². The van der Waals surface area contributed by atoms with Crippen molar-refractivity contribution in [2.75, 3.05) is 18.8 Å². The molecule has 0 aliphatic carbocycles. The summed E-state index contributed by atoms with van der Waals surface area (Å²) >= 11 is 0. The molecular weight excluding hydrogens is 200 g/mol. The SMILES string of the molecule is CC(C)(C)CCNS(=O)(=O)CCCN. The lowest BCUT2D eigenvalue weighted by molar-refractivity contribution is 0.378. The second-order valence-electron chi connectivity index (χ2n) is 4.67. The highest BCUT2D eigenvalue weighted by Gasteiger charge is 2.13. The Kier molecular flexibility index (Phi) is 5.63. The molecule has 0 saturated heterocycles. The van der Waals surface area contributed by atoms with Crippen LogP contribution in [0.3, 0.4) is 0 Å². The molecule has 3 N–H and O–H groups in total. The molecular formula is C9H22N2O2S. The van der Waals surface area contributed by atoms with E-state index in [1.807, 2.05) is 0 Å². The van der Waals surface area contributed by atoms with Gasteiger partial charge in [0.25, 0.3) is 0 Å². The molecule has 0 atom stereocenters. The second-order valence-corrected chi connectivity index (χ2v) is 6.59. The van der Waals surface area contributed by atoms with E-state index in [4.69, 9.17) is 5.73 Å². The fraction of sp³-hybridized carbons (Fsp3) is 1.00. The van der Waals surface area contributed by atoms with Crippen molar-refractivity contribution in [2.24, 2.45) is 11.1 Å². The first kappa shape index (κ1) is 13.9. The number of nitrogens with one attached hydrogen (secondary N) is 1. The van der Waals surface area contributed by atoms with Gasteiger partial charge in [-0.3, -0.25) is 0 Å². The highest BCUT2D eigenvalue weighted by Crippen LogP contribution is 2.17. The standard InChI is InChI=1S/C9H22N2O2S/c1-9(2,3)5-7-11-14(12,13)8-4-6-10/h11H,4-8,10H2,1-3H3. The first-order valence-electron chi connectivity index (χ1n) is 4.94. The molecule has 0 unspecified atom stereocenters. The van der Waals surface area contributed by atoms with Crippen LogP contribution in [0.15, 0.2) is 0 Å². The van der Waals surface area contributed by atoms with Crippen LogP contribution in [-0.4, -0.2) is 27.3 Å². The summed E-state index contributed by atoms with van der Waals surface area (Å²) in [6.45, 7) is 7.18. The third kappa shape index (κ3) is 8.47. The van der Waals surface area contributed by atoms with Gasteiger partial charge in [-0.25, -0.2) is 13.1 Å². The molecule has 0 aliphatic heterocycles. The van der Waals surface area contributed by atoms with E-state index in [1.54, 1.807) is 0 Å². The fourth-order valence-corrected chi connectivity index (χ4v) is 2.03. The Labute approximate surface area is 87.3 Å². The third-order valence-corrected chi connectivity index (χ3v) is 3.28. The molecule has 0 aliphatic rings. The van der Waals surface area contributed by atoms with Gasteiger partial charge in [-0.2, -0.15) is 0 Å². The van der Waals surface area contributed by atoms with Crippen LogP contribution in [-0.2, 0) is 10.0 Å². The molecule has 0 aromatic heterocycles. The van der Waals surface area contributed by atoms with Gasteiger partial charge in [-0.05, 0) is 24.8 Å². The van der Waals surface area contributed by atoms with E-state index >= 15 is 0 Å². The topological polar surface area (TPSA) is 72.2 Å². The van der Waals surface area contributed by atoms with Crippen LogP contribution in [0.2, 0.25) is 0 Å². The zero-order valence-corrected chi connectivity index (χ0v) is 10.2. The van der Waals surface area contributed by atoms with Crippen LogP contribution in [0.25, 0.3) is 0 Å². The quantitative estimate of drug-likeness (QED) is 0.694. The minimum Gasteiger partial charge on any atom is -0.330 e. The Bertz CT molecular complexity index is 242. The maximum atomic E-state index is 11.3. The van der Waals surface area contributed by atoms with Crippen molar-refractivity contribution in [3.8, 4) is 0 Å². The monoisotopic (exact) mass is 222 g/mol. The van der Waals surface area contributed by atoms with Gasteiger partial charge in [-0.1, -0.05) is 20.8 Å². The van der Waals surface area contributed by atoms with Gasteiger partial charge in [0.1, 0.15) is 0 Å². The lowest BCUT2D eigenvalue weighted by atomic mass is 9.93. The maximum Gasteiger partial charge on any atom is 0.211 e. The summed E-state index contributed by atoms with van der Waals surface area (Å²) < 4.78 is 25.2. The van der Waals surface area contributed by atoms with Crippen molar-refractivity contribution >= 4 is 10.0 Å². The number of sulfonamides is 1. The molecule has 0 bridgehead atoms. The van der Waals surface area contributed by atoms with Gasteiger partial charge in [0.15, 0.2) is 0 Å². The molecule has 5 heteroatoms. The van der Waals surface area contributed by atoms with E-state index in [1.165, 1.54) is 0 Å². The largest absolute Gasteiger partial charge is 0.330 e. The van der Waals surface area contributed by atoms with Crippen molar-refractivity contribution < 1.29 is 8.42 Å². The van der Waals surface area contributed by atoms with Crippen LogP contribution in [0.1, 0.15) is 33.6 Å². The Morgan fingerprint density at radius 3 is 2.29 bits per heavy atom. The van der Waals surface area contributed by atoms with E-state index in [0.717, 1.165) is 6.42 Å². The van der Waals surface area contributed by atoms with Crippen molar-refractivity contribution in [1.29, 1.82) is 0 Å². The van der Waals surface area contributed by atoms with Gasteiger partial charge < -0.3 is 5.73 Å². The molecule has 4 nitrogen and oxygen atoms in total. The molecule has 0 aromatic carbocycles. The molecule has 0 amide bonds. The maximum absolute atomic E-state index is 11.3. The summed E-state index contributed by atoms with van der Waals surface area (Å²) in [5, 5.41) is 0. The summed E-state index contributed by atoms with van der Waals surface area (Å²) in [5.74, 6) is 0.133. The van der Waals surface area contributed by atoms with E-state index in [0.29, 0.717) is 19.5 Å². The lowest BCUT2D eigenvalue weighted by Crippen LogP contribution is -2.30. The van der Waals surface area contributed by atoms with Crippen LogP contribution >= 0.6 is 0 Å². The molecule has 0 heterocycles. The van der Waals surface area contributed by atoms with Crippen LogP contribution in [0.5, 0.6) is 0 Å². The van der Waals surface area contributed by atoms with Crippen molar-refractivity contribution in [1.82, 2.24) is 4.72 Å². The van der Waals surface area contributed by atoms with E-state index in [-0.39, 0.29) is 11.2 Å². The summed E-state index contributed by atoms with van der Waals surface area (Å²) in [6.07, 6.45) is 1.36. The fourth-order valence-electron chi connectivity index (χ4n) is 0.927. The van der Waals surface area contributed by atoms with E-state index in [9.17, 15) is 8.42 Å². The summed E-state index contributed by atoms with van der Waals surface area (Å²) in [7, 11) is -3.10. The molecule has 0 aromatic rings. The zero-order valence-electron chi connectivity index (χ0n) is 9.34. The molecule has 0 fully saturated rings. The minimum atomic E-state index is -3.10. The lowest BCUT2D eigenvalue weighted by Gasteiger charge is -2.17. The summed E-state index contributed by atoms with van der Waals surface area (Å²) in [5.41, 5.74) is 5.40. The number of nitrogens with two attached hydrogens (primary N) is 1. The molecule has 0 spiro atoms. The van der Waals surface area contributed by atoms with Gasteiger partial charge in [0, 0.05) is 6.54 Å². The first-order chi connectivity index (χ1) is 6.27. The Morgan fingerprint density at radius 2 is 1.86 bits per heavy atom. The Morgan fingerprint density at radius 1 is 1.29 bits per heavy atom. The molecule has 0 rings (SSSR count). The van der Waals surface area contributed by atoms with Crippen LogP contribution in [0, 0.1) is 5.41 Å². The zero-order chi connectivity index (χ0) is 11.2. The Hall–Kier alpha value is -0.130. The van der Waals surface area contributed by atoms with Crippen molar-refractivity contribution in [3.05, 3.63) is 0 Å². The predicted molar refractivity (Wildman–Crippen MR) is 59.5 cm³/mol. The van der Waals surface area contributed by atoms with E-state index in [2.05, 4.69) is 25.5 Å². The minimum absolute atomic E-state index is 0.133. The van der Waals surface area contributed by atoms with Crippen LogP contribution in [0.4, 0.5) is 0 Å². The van der Waals surface area contributed by atoms with Gasteiger partial charge in [0.2, 0.25) is 10.0 Å². The third-order valence-electron chi connectivity index (χ3n) is 1.81. The van der Waals surface area contributed by atoms with Gasteiger partial charge >= 0.3 is 0 Å². The number of hydrogen-bond donors (Lipinski definition) is 2. The number of hydrogen-bond acceptors (Lipinski definition) is 3. The Balaban J connectivity index is 3.78. The van der Waals surface area contributed by atoms with Gasteiger partial charge in [0.05, 0.1) is 5.75 Å². The average Bonchev–Trinajstić information content (AvgIpc) is 1.98. The molecule has 0 saturated carbocycles. The summed E-state index contributed by atoms with van der Waals surface area (Å²) in [6, 6.07) is 0. The molecule has 14 heavy (non-hydrogen) atoms. The van der Waals surface area contributed by atoms with Crippen molar-refractivity contribution in [3.63, 3.8) is 0 Å². The first-order valence-corrected chi connectivity index (χ1v) is 6.59. The number of rotatable bonds is 6. The normalized spacial score (nSPS) is 13.1. The molecule has 0 radical (unpaired) electrons. The van der Waals surface area contributed by atoms with Crippen LogP contribution < -0.4 is 10.5 Å². The average molecular weight is 222 g/mol. The highest BCUT2D eigenvalue weighted by molar-refractivity contribution is 7.89. The predicted octanol–water partition coefficient (Wildman–Crippen LogP) is 0.691.